The Bertz CT molecular complexity index is 1450. The third-order valence-corrected chi connectivity index (χ3v) is 6.03. The average molecular weight is 530 g/mol. The molecule has 2 amide bonds. The van der Waals surface area contributed by atoms with Crippen LogP contribution in [0.4, 0.5) is 10.5 Å². The molecule has 0 aliphatic rings. The second kappa shape index (κ2) is 12.0. The van der Waals surface area contributed by atoms with E-state index in [1.165, 1.54) is 24.3 Å². The Labute approximate surface area is 224 Å². The number of rotatable bonds is 9. The van der Waals surface area contributed by atoms with Crippen molar-refractivity contribution in [3.8, 4) is 17.1 Å². The van der Waals surface area contributed by atoms with Gasteiger partial charge in [0.25, 0.3) is 5.91 Å². The molecule has 0 aliphatic heterocycles. The van der Waals surface area contributed by atoms with Crippen LogP contribution >= 0.6 is 0 Å². The summed E-state index contributed by atoms with van der Waals surface area (Å²) in [6, 6.07) is 20.5. The minimum absolute atomic E-state index is 0.0464. The first-order valence-corrected chi connectivity index (χ1v) is 12.1. The molecule has 200 valence electrons. The minimum Gasteiger partial charge on any atom is -0.508 e. The van der Waals surface area contributed by atoms with Gasteiger partial charge in [0.2, 0.25) is 0 Å². The number of carboxylic acids is 1. The maximum atomic E-state index is 12.8. The summed E-state index contributed by atoms with van der Waals surface area (Å²) in [4.78, 5) is 37.1. The SMILES string of the molecule is Cc1noc(-c2ccc(C(=O)NC(Cc3ccc(O)cc3)C(=O)O)cc2)c1NC(=O)OC(C)c1ccccc1. The molecule has 2 atom stereocenters. The fourth-order valence-electron chi connectivity index (χ4n) is 3.88. The first-order valence-electron chi connectivity index (χ1n) is 12.1. The Morgan fingerprint density at radius 2 is 1.64 bits per heavy atom. The summed E-state index contributed by atoms with van der Waals surface area (Å²) in [6.45, 7) is 3.44. The molecule has 0 bridgehead atoms. The molecule has 2 unspecified atom stereocenters. The highest BCUT2D eigenvalue weighted by atomic mass is 16.6. The maximum Gasteiger partial charge on any atom is 0.412 e. The highest BCUT2D eigenvalue weighted by Gasteiger charge is 2.23. The van der Waals surface area contributed by atoms with E-state index in [9.17, 15) is 24.6 Å². The van der Waals surface area contributed by atoms with Crippen molar-refractivity contribution in [3.63, 3.8) is 0 Å². The third kappa shape index (κ3) is 6.80. The number of amides is 2. The second-order valence-corrected chi connectivity index (χ2v) is 8.87. The number of aliphatic carboxylic acids is 1. The van der Waals surface area contributed by atoms with Gasteiger partial charge in [0.05, 0.1) is 0 Å². The van der Waals surface area contributed by atoms with Gasteiger partial charge in [0.1, 0.15) is 29.3 Å². The quantitative estimate of drug-likeness (QED) is 0.234. The molecule has 1 heterocycles. The molecule has 39 heavy (non-hydrogen) atoms. The Morgan fingerprint density at radius 3 is 2.28 bits per heavy atom. The molecule has 0 radical (unpaired) electrons. The number of benzene rings is 3. The fraction of sp³-hybridized carbons (Fsp3) is 0.172. The van der Waals surface area contributed by atoms with E-state index in [0.29, 0.717) is 22.5 Å². The van der Waals surface area contributed by atoms with Crippen LogP contribution in [0, 0.1) is 6.92 Å². The number of anilines is 1. The standard InChI is InChI=1S/C29H27N3O7/c1-17-25(31-29(37)38-18(2)20-6-4-3-5-7-20)26(39-32-17)21-10-12-22(13-11-21)27(34)30-24(28(35)36)16-19-8-14-23(33)15-9-19/h3-15,18,24,33H,16H2,1-2H3,(H,30,34)(H,31,37)(H,35,36). The van der Waals surface area contributed by atoms with Crippen LogP contribution in [0.25, 0.3) is 11.3 Å². The maximum absolute atomic E-state index is 12.8. The first-order chi connectivity index (χ1) is 18.7. The average Bonchev–Trinajstić information content (AvgIpc) is 3.29. The number of phenolic OH excluding ortho intramolecular Hbond substituents is 1. The molecule has 10 nitrogen and oxygen atoms in total. The van der Waals surface area contributed by atoms with Gasteiger partial charge >= 0.3 is 12.1 Å². The van der Waals surface area contributed by atoms with Crippen LogP contribution in [0.3, 0.4) is 0 Å². The van der Waals surface area contributed by atoms with Crippen LogP contribution < -0.4 is 10.6 Å². The Kier molecular flexibility index (Phi) is 8.25. The summed E-state index contributed by atoms with van der Waals surface area (Å²) < 4.78 is 10.9. The van der Waals surface area contributed by atoms with Crippen molar-refractivity contribution in [2.45, 2.75) is 32.4 Å². The van der Waals surface area contributed by atoms with Crippen molar-refractivity contribution >= 4 is 23.7 Å². The summed E-state index contributed by atoms with van der Waals surface area (Å²) in [5.41, 5.74) is 3.03. The van der Waals surface area contributed by atoms with Gasteiger partial charge in [0.15, 0.2) is 5.76 Å². The molecular weight excluding hydrogens is 502 g/mol. The summed E-state index contributed by atoms with van der Waals surface area (Å²) >= 11 is 0. The molecule has 1 aromatic heterocycles. The van der Waals surface area contributed by atoms with Gasteiger partial charge in [-0.15, -0.1) is 0 Å². The Hall–Kier alpha value is -5.12. The molecule has 0 saturated carbocycles. The molecule has 0 spiro atoms. The van der Waals surface area contributed by atoms with Crippen molar-refractivity contribution < 1.29 is 33.9 Å². The lowest BCUT2D eigenvalue weighted by Gasteiger charge is -2.15. The number of carboxylic acid groups (broad SMARTS) is 1. The number of hydrogen-bond donors (Lipinski definition) is 4. The third-order valence-electron chi connectivity index (χ3n) is 6.03. The van der Waals surface area contributed by atoms with Crippen molar-refractivity contribution in [2.24, 2.45) is 0 Å². The lowest BCUT2D eigenvalue weighted by Crippen LogP contribution is -2.42. The molecule has 4 N–H and O–H groups in total. The predicted molar refractivity (Wildman–Crippen MR) is 142 cm³/mol. The largest absolute Gasteiger partial charge is 0.508 e. The highest BCUT2D eigenvalue weighted by molar-refractivity contribution is 5.97. The summed E-state index contributed by atoms with van der Waals surface area (Å²) in [7, 11) is 0. The number of nitrogens with one attached hydrogen (secondary N) is 2. The molecule has 4 rings (SSSR count). The zero-order chi connectivity index (χ0) is 27.9. The first kappa shape index (κ1) is 26.9. The van der Waals surface area contributed by atoms with Crippen molar-refractivity contribution in [1.29, 1.82) is 0 Å². The number of phenols is 1. The van der Waals surface area contributed by atoms with Gasteiger partial charge in [-0.05, 0) is 49.2 Å². The van der Waals surface area contributed by atoms with Crippen LogP contribution in [-0.4, -0.2) is 39.4 Å². The molecule has 3 aromatic carbocycles. The molecule has 0 aliphatic carbocycles. The molecule has 4 aromatic rings. The van der Waals surface area contributed by atoms with E-state index in [0.717, 1.165) is 5.56 Å². The second-order valence-electron chi connectivity index (χ2n) is 8.87. The van der Waals surface area contributed by atoms with Gasteiger partial charge in [-0.3, -0.25) is 10.1 Å². The number of hydrogen-bond acceptors (Lipinski definition) is 7. The van der Waals surface area contributed by atoms with Gasteiger partial charge < -0.3 is 24.8 Å². The Morgan fingerprint density at radius 1 is 0.974 bits per heavy atom. The summed E-state index contributed by atoms with van der Waals surface area (Å²) in [6.07, 6.45) is -1.11. The molecule has 0 fully saturated rings. The number of ether oxygens (including phenoxy) is 1. The van der Waals surface area contributed by atoms with E-state index in [4.69, 9.17) is 9.26 Å². The summed E-state index contributed by atoms with van der Waals surface area (Å²) in [5.74, 6) is -1.42. The smallest absolute Gasteiger partial charge is 0.412 e. The number of aromatic hydroxyl groups is 1. The fourth-order valence-corrected chi connectivity index (χ4v) is 3.88. The van der Waals surface area contributed by atoms with E-state index < -0.39 is 30.1 Å². The van der Waals surface area contributed by atoms with Crippen LogP contribution in [0.2, 0.25) is 0 Å². The van der Waals surface area contributed by atoms with Gasteiger partial charge in [-0.25, -0.2) is 9.59 Å². The normalized spacial score (nSPS) is 12.3. The number of carbonyl (C=O) groups excluding carboxylic acids is 2. The molecule has 10 heteroatoms. The zero-order valence-corrected chi connectivity index (χ0v) is 21.3. The topological polar surface area (TPSA) is 151 Å². The number of nitrogens with zero attached hydrogens (tertiary/aromatic N) is 1. The van der Waals surface area contributed by atoms with Crippen LogP contribution in [-0.2, 0) is 16.0 Å². The number of aromatic nitrogens is 1. The van der Waals surface area contributed by atoms with Crippen LogP contribution in [0.5, 0.6) is 5.75 Å². The van der Waals surface area contributed by atoms with Crippen molar-refractivity contribution in [1.82, 2.24) is 10.5 Å². The van der Waals surface area contributed by atoms with Gasteiger partial charge in [-0.2, -0.15) is 0 Å². The number of carbonyl (C=O) groups is 3. The van der Waals surface area contributed by atoms with E-state index >= 15 is 0 Å². The lowest BCUT2D eigenvalue weighted by atomic mass is 10.0. The summed E-state index contributed by atoms with van der Waals surface area (Å²) in [5, 5.41) is 28.1. The van der Waals surface area contributed by atoms with Gasteiger partial charge in [-0.1, -0.05) is 59.8 Å². The minimum atomic E-state index is -1.19. The van der Waals surface area contributed by atoms with E-state index in [-0.39, 0.29) is 23.5 Å². The number of aryl methyl sites for hydroxylation is 1. The van der Waals surface area contributed by atoms with Crippen LogP contribution in [0.1, 0.15) is 40.2 Å². The zero-order valence-electron chi connectivity index (χ0n) is 21.3. The van der Waals surface area contributed by atoms with E-state index in [1.54, 1.807) is 38.1 Å². The van der Waals surface area contributed by atoms with E-state index in [2.05, 4.69) is 15.8 Å². The van der Waals surface area contributed by atoms with Crippen molar-refractivity contribution in [2.75, 3.05) is 5.32 Å². The molecule has 0 saturated heterocycles. The monoisotopic (exact) mass is 529 g/mol. The van der Waals surface area contributed by atoms with Crippen LogP contribution in [0.15, 0.2) is 83.4 Å². The molecular formula is C29H27N3O7. The Balaban J connectivity index is 1.43. The van der Waals surface area contributed by atoms with Crippen molar-refractivity contribution in [3.05, 3.63) is 101 Å². The predicted octanol–water partition coefficient (Wildman–Crippen LogP) is 5.09. The van der Waals surface area contributed by atoms with E-state index in [1.807, 2.05) is 30.3 Å². The highest BCUT2D eigenvalue weighted by Crippen LogP contribution is 2.31. The lowest BCUT2D eigenvalue weighted by molar-refractivity contribution is -0.139. The van der Waals surface area contributed by atoms with Gasteiger partial charge in [0, 0.05) is 17.5 Å².